The van der Waals surface area contributed by atoms with Gasteiger partial charge in [-0.3, -0.25) is 0 Å². The van der Waals surface area contributed by atoms with Crippen LogP contribution in [0.25, 0.3) is 0 Å². The van der Waals surface area contributed by atoms with Gasteiger partial charge in [0.25, 0.3) is 0 Å². The lowest BCUT2D eigenvalue weighted by Crippen LogP contribution is -2.50. The second kappa shape index (κ2) is 5.61. The third-order valence-electron chi connectivity index (χ3n) is 2.67. The van der Waals surface area contributed by atoms with Crippen molar-refractivity contribution in [1.29, 1.82) is 0 Å². The Hall–Kier alpha value is -0.220. The van der Waals surface area contributed by atoms with Gasteiger partial charge in [0.1, 0.15) is 0 Å². The Balaban J connectivity index is 2.58. The number of sulfonamides is 2. The van der Waals surface area contributed by atoms with E-state index in [1.54, 1.807) is 0 Å². The fraction of sp³-hybridized carbons (Fsp3) is 1.00. The molecule has 102 valence electrons. The largest absolute Gasteiger partial charge is 0.330 e. The topological polar surface area (TPSA) is 101 Å². The van der Waals surface area contributed by atoms with E-state index in [2.05, 4.69) is 0 Å². The second-order valence-electron chi connectivity index (χ2n) is 4.02. The Labute approximate surface area is 103 Å². The summed E-state index contributed by atoms with van der Waals surface area (Å²) in [6.07, 6.45) is 1.56. The Morgan fingerprint density at radius 2 is 1.47 bits per heavy atom. The summed E-state index contributed by atoms with van der Waals surface area (Å²) in [5, 5.41) is 0. The fourth-order valence-corrected chi connectivity index (χ4v) is 4.01. The monoisotopic (exact) mass is 285 g/mol. The maximum absolute atomic E-state index is 11.8. The Kier molecular flexibility index (Phi) is 4.90. The fourth-order valence-electron chi connectivity index (χ4n) is 1.67. The highest BCUT2D eigenvalue weighted by Gasteiger charge is 2.29. The summed E-state index contributed by atoms with van der Waals surface area (Å²) >= 11 is 0. The van der Waals surface area contributed by atoms with Crippen molar-refractivity contribution in [3.05, 3.63) is 0 Å². The molecule has 0 spiro atoms. The molecule has 0 radical (unpaired) electrons. The number of hydrogen-bond acceptors (Lipinski definition) is 5. The first-order valence-corrected chi connectivity index (χ1v) is 8.86. The van der Waals surface area contributed by atoms with Gasteiger partial charge in [0.15, 0.2) is 0 Å². The molecule has 0 unspecified atom stereocenters. The van der Waals surface area contributed by atoms with Crippen molar-refractivity contribution >= 4 is 20.0 Å². The molecule has 9 heteroatoms. The normalized spacial score (nSPS) is 20.6. The third kappa shape index (κ3) is 4.18. The number of piperazine rings is 1. The van der Waals surface area contributed by atoms with Crippen LogP contribution in [0.1, 0.15) is 6.42 Å². The van der Waals surface area contributed by atoms with Crippen molar-refractivity contribution < 1.29 is 16.8 Å². The third-order valence-corrected chi connectivity index (χ3v) is 5.93. The zero-order valence-corrected chi connectivity index (χ0v) is 11.5. The second-order valence-corrected chi connectivity index (χ2v) is 8.09. The lowest BCUT2D eigenvalue weighted by atomic mass is 10.4. The lowest BCUT2D eigenvalue weighted by molar-refractivity contribution is 0.274. The highest BCUT2D eigenvalue weighted by molar-refractivity contribution is 7.89. The maximum Gasteiger partial charge on any atom is 0.214 e. The van der Waals surface area contributed by atoms with Crippen LogP contribution >= 0.6 is 0 Å². The van der Waals surface area contributed by atoms with Crippen molar-refractivity contribution in [3.8, 4) is 0 Å². The molecule has 2 N–H and O–H groups in total. The molecular formula is C8H19N3O4S2. The van der Waals surface area contributed by atoms with Crippen molar-refractivity contribution in [2.24, 2.45) is 5.73 Å². The molecule has 1 fully saturated rings. The number of rotatable bonds is 5. The minimum Gasteiger partial charge on any atom is -0.330 e. The molecule has 0 aliphatic carbocycles. The molecule has 1 aliphatic heterocycles. The molecule has 0 aromatic rings. The predicted molar refractivity (Wildman–Crippen MR) is 65.4 cm³/mol. The Morgan fingerprint density at radius 1 is 1.00 bits per heavy atom. The van der Waals surface area contributed by atoms with Gasteiger partial charge in [-0.25, -0.2) is 16.8 Å². The zero-order valence-electron chi connectivity index (χ0n) is 9.87. The Bertz CT molecular complexity index is 437. The summed E-state index contributed by atoms with van der Waals surface area (Å²) in [7, 11) is -6.50. The highest BCUT2D eigenvalue weighted by atomic mass is 32.2. The summed E-state index contributed by atoms with van der Waals surface area (Å²) < 4.78 is 48.7. The minimum atomic E-state index is -3.28. The van der Waals surface area contributed by atoms with Crippen molar-refractivity contribution in [2.45, 2.75) is 6.42 Å². The van der Waals surface area contributed by atoms with Crippen LogP contribution in [-0.2, 0) is 20.0 Å². The van der Waals surface area contributed by atoms with Gasteiger partial charge in [-0.15, -0.1) is 0 Å². The summed E-state index contributed by atoms with van der Waals surface area (Å²) in [4.78, 5) is 0. The van der Waals surface area contributed by atoms with Gasteiger partial charge in [0, 0.05) is 26.2 Å². The van der Waals surface area contributed by atoms with Gasteiger partial charge < -0.3 is 5.73 Å². The van der Waals surface area contributed by atoms with Gasteiger partial charge in [-0.2, -0.15) is 8.61 Å². The van der Waals surface area contributed by atoms with Crippen molar-refractivity contribution in [2.75, 3.05) is 44.7 Å². The van der Waals surface area contributed by atoms with E-state index in [1.165, 1.54) is 8.61 Å². The number of nitrogens with zero attached hydrogens (tertiary/aromatic N) is 2. The van der Waals surface area contributed by atoms with Crippen LogP contribution in [0.2, 0.25) is 0 Å². The molecule has 0 aromatic heterocycles. The van der Waals surface area contributed by atoms with Crippen LogP contribution in [0.5, 0.6) is 0 Å². The van der Waals surface area contributed by atoms with E-state index in [0.717, 1.165) is 6.26 Å². The van der Waals surface area contributed by atoms with Crippen LogP contribution in [0.3, 0.4) is 0 Å². The zero-order chi connectivity index (χ0) is 13.1. The van der Waals surface area contributed by atoms with Crippen molar-refractivity contribution in [1.82, 2.24) is 8.61 Å². The molecule has 1 aliphatic rings. The predicted octanol–water partition coefficient (Wildman–Crippen LogP) is -1.76. The summed E-state index contributed by atoms with van der Waals surface area (Å²) in [6.45, 7) is 1.23. The van der Waals surface area contributed by atoms with E-state index in [1.807, 2.05) is 0 Å². The van der Waals surface area contributed by atoms with E-state index in [0.29, 0.717) is 13.0 Å². The minimum absolute atomic E-state index is 0.0301. The molecule has 1 rings (SSSR count). The first-order chi connectivity index (χ1) is 7.77. The average molecular weight is 285 g/mol. The van der Waals surface area contributed by atoms with E-state index < -0.39 is 20.0 Å². The van der Waals surface area contributed by atoms with Crippen LogP contribution in [0, 0.1) is 0 Å². The average Bonchev–Trinajstić information content (AvgIpc) is 2.25. The first-order valence-electron chi connectivity index (χ1n) is 5.40. The van der Waals surface area contributed by atoms with Crippen molar-refractivity contribution in [3.63, 3.8) is 0 Å². The molecule has 7 nitrogen and oxygen atoms in total. The SMILES string of the molecule is CS(=O)(=O)N1CCN(S(=O)(=O)CCCN)CC1. The van der Waals surface area contributed by atoms with E-state index >= 15 is 0 Å². The molecule has 17 heavy (non-hydrogen) atoms. The number of nitrogens with two attached hydrogens (primary N) is 1. The summed E-state index contributed by atoms with van der Waals surface area (Å²) in [5.74, 6) is 0.0301. The van der Waals surface area contributed by atoms with Crippen LogP contribution in [-0.4, -0.2) is 70.2 Å². The Morgan fingerprint density at radius 3 is 1.88 bits per heavy atom. The van der Waals surface area contributed by atoms with Gasteiger partial charge in [-0.05, 0) is 13.0 Å². The molecule has 0 bridgehead atoms. The molecular weight excluding hydrogens is 266 g/mol. The van der Waals surface area contributed by atoms with Crippen LogP contribution in [0.4, 0.5) is 0 Å². The van der Waals surface area contributed by atoms with E-state index in [-0.39, 0.29) is 31.9 Å². The summed E-state index contributed by atoms with van der Waals surface area (Å²) in [5.41, 5.74) is 5.27. The molecule has 0 atom stereocenters. The molecule has 0 aromatic carbocycles. The smallest absolute Gasteiger partial charge is 0.214 e. The lowest BCUT2D eigenvalue weighted by Gasteiger charge is -2.32. The van der Waals surface area contributed by atoms with Crippen LogP contribution < -0.4 is 5.73 Å². The van der Waals surface area contributed by atoms with E-state index in [9.17, 15) is 16.8 Å². The van der Waals surface area contributed by atoms with Gasteiger partial charge in [-0.1, -0.05) is 0 Å². The molecule has 1 heterocycles. The first kappa shape index (κ1) is 14.8. The van der Waals surface area contributed by atoms with Crippen LogP contribution in [0.15, 0.2) is 0 Å². The van der Waals surface area contributed by atoms with Gasteiger partial charge >= 0.3 is 0 Å². The summed E-state index contributed by atoms with van der Waals surface area (Å²) in [6, 6.07) is 0. The molecule has 1 saturated heterocycles. The standard InChI is InChI=1S/C8H19N3O4S2/c1-16(12,13)10-4-6-11(7-5-10)17(14,15)8-2-3-9/h2-9H2,1H3. The molecule has 0 saturated carbocycles. The van der Waals surface area contributed by atoms with E-state index in [4.69, 9.17) is 5.73 Å². The van der Waals surface area contributed by atoms with Gasteiger partial charge in [0.2, 0.25) is 20.0 Å². The number of hydrogen-bond donors (Lipinski definition) is 1. The van der Waals surface area contributed by atoms with Gasteiger partial charge in [0.05, 0.1) is 12.0 Å². The quantitative estimate of drug-likeness (QED) is 0.645. The highest BCUT2D eigenvalue weighted by Crippen LogP contribution is 2.11. The molecule has 0 amide bonds. The maximum atomic E-state index is 11.8.